The number of benzene rings is 7. The van der Waals surface area contributed by atoms with E-state index in [0.29, 0.717) is 0 Å². The van der Waals surface area contributed by atoms with Crippen LogP contribution in [0.1, 0.15) is 0 Å². The van der Waals surface area contributed by atoms with E-state index in [-0.39, 0.29) is 69.7 Å². The van der Waals surface area contributed by atoms with Gasteiger partial charge in [0.15, 0.2) is 22.1 Å². The van der Waals surface area contributed by atoms with Gasteiger partial charge in [0.1, 0.15) is 0 Å². The quantitative estimate of drug-likeness (QED) is 0.133. The predicted molar refractivity (Wildman–Crippen MR) is 278 cm³/mol. The van der Waals surface area contributed by atoms with E-state index in [1.54, 1.807) is 0 Å². The van der Waals surface area contributed by atoms with Gasteiger partial charge in [0.2, 0.25) is 22.1 Å². The minimum Gasteiger partial charge on any atom is -1.00 e. The molecule has 0 aliphatic carbocycles. The van der Waals surface area contributed by atoms with Crippen LogP contribution in [0.2, 0.25) is 0 Å². The normalized spacial score (nSPS) is 12.0. The largest absolute Gasteiger partial charge is 1.00 e. The van der Waals surface area contributed by atoms with Gasteiger partial charge in [0.05, 0.1) is 45.6 Å². The maximum absolute atomic E-state index is 4.18. The van der Waals surface area contributed by atoms with Crippen molar-refractivity contribution in [3.63, 3.8) is 0 Å². The second-order valence-electron chi connectivity index (χ2n) is 17.7. The van der Waals surface area contributed by atoms with Crippen LogP contribution in [-0.4, -0.2) is 42.4 Å². The van der Waals surface area contributed by atoms with Gasteiger partial charge in [-0.1, -0.05) is 84.9 Å². The molecule has 14 nitrogen and oxygen atoms in total. The number of hydrogen-bond acceptors (Lipinski definition) is 5. The average Bonchev–Trinajstić information content (AvgIpc) is 4.29. The second kappa shape index (κ2) is 24.1. The van der Waals surface area contributed by atoms with Crippen molar-refractivity contribution < 1.29 is 88.0 Å². The number of aromatic nitrogens is 10. The van der Waals surface area contributed by atoms with E-state index < -0.39 is 0 Å². The minimum atomic E-state index is 0. The van der Waals surface area contributed by atoms with Gasteiger partial charge >= 0.3 is 0 Å². The van der Waals surface area contributed by atoms with Crippen molar-refractivity contribution in [1.29, 1.82) is 0 Å². The summed E-state index contributed by atoms with van der Waals surface area (Å²) in [6, 6.07) is 58.6. The first-order valence-electron chi connectivity index (χ1n) is 23.3. The Bertz CT molecular complexity index is 3490. The molecule has 389 valence electrons. The first-order chi connectivity index (χ1) is 34.1. The van der Waals surface area contributed by atoms with Gasteiger partial charge in [0.25, 0.3) is 25.3 Å². The van der Waals surface area contributed by atoms with Gasteiger partial charge < -0.3 is 74.0 Å². The van der Waals surface area contributed by atoms with Crippen molar-refractivity contribution in [3.8, 4) is 0 Å². The Labute approximate surface area is 475 Å². The number of anilines is 4. The second-order valence-corrected chi connectivity index (χ2v) is 17.7. The van der Waals surface area contributed by atoms with Crippen LogP contribution in [0.25, 0.3) is 55.2 Å². The van der Waals surface area contributed by atoms with E-state index in [2.05, 4.69) is 294 Å². The monoisotopic (exact) mass is 1260 g/mol. The van der Waals surface area contributed by atoms with E-state index >= 15 is 0 Å². The molecule has 0 amide bonds. The summed E-state index contributed by atoms with van der Waals surface area (Å²) in [5, 5.41) is 4.36. The van der Waals surface area contributed by atoms with Crippen LogP contribution in [-0.2, 0) is 55.3 Å². The molecule has 7 heterocycles. The molecule has 2 aliphatic heterocycles. The number of rotatable bonds is 3. The van der Waals surface area contributed by atoms with E-state index in [1.807, 2.05) is 36.1 Å². The van der Waals surface area contributed by atoms with Crippen molar-refractivity contribution in [2.45, 2.75) is 0 Å². The first kappa shape index (κ1) is 57.2. The third kappa shape index (κ3) is 10.6. The molecule has 2 aliphatic rings. The maximum Gasteiger partial charge on any atom is 0.287 e. The summed E-state index contributed by atoms with van der Waals surface area (Å²) in [6.07, 6.45) is 10.3. The number of hydrogen-bond donors (Lipinski definition) is 0. The topological polar surface area (TPSA) is 66.0 Å². The fourth-order valence-corrected chi connectivity index (χ4v) is 9.58. The van der Waals surface area contributed by atoms with Crippen LogP contribution in [0.15, 0.2) is 201 Å². The van der Waals surface area contributed by atoms with Crippen molar-refractivity contribution >= 4 is 77.9 Å². The molecule has 1 radical (unpaired) electrons. The Kier molecular flexibility index (Phi) is 18.3. The molecular weight excluding hydrogens is 1200 g/mol. The number of nitrogens with zero attached hydrogens (tertiary/aromatic N) is 14. The molecule has 0 unspecified atom stereocenters. The fraction of sp³-hybridized carbons (Fsp3) is 0.125. The summed E-state index contributed by atoms with van der Waals surface area (Å²) in [7, 11) is 14.4. The smallest absolute Gasteiger partial charge is 0.287 e. The fourth-order valence-electron chi connectivity index (χ4n) is 9.58. The van der Waals surface area contributed by atoms with Crippen LogP contribution in [0.5, 0.6) is 0 Å². The molecule has 0 saturated carbocycles. The van der Waals surface area contributed by atoms with Crippen LogP contribution >= 0.6 is 0 Å². The third-order valence-electron chi connectivity index (χ3n) is 13.1. The van der Waals surface area contributed by atoms with Crippen molar-refractivity contribution in [2.24, 2.45) is 35.2 Å². The summed E-state index contributed by atoms with van der Waals surface area (Å²) in [5.41, 5.74) is 16.7. The van der Waals surface area contributed by atoms with Crippen molar-refractivity contribution in [2.75, 3.05) is 33.9 Å². The Balaban J connectivity index is 0.000000163. The number of hydrazine groups is 1. The third-order valence-corrected chi connectivity index (χ3v) is 13.1. The van der Waals surface area contributed by atoms with E-state index in [1.165, 1.54) is 72.4 Å². The first-order valence-corrected chi connectivity index (χ1v) is 23.3. The van der Waals surface area contributed by atoms with E-state index in [9.17, 15) is 0 Å². The van der Waals surface area contributed by atoms with Crippen molar-refractivity contribution in [3.05, 3.63) is 215 Å². The molecule has 75 heavy (non-hydrogen) atoms. The minimum absolute atomic E-state index is 0. The van der Waals surface area contributed by atoms with Gasteiger partial charge in [0, 0.05) is 49.9 Å². The molecule has 19 heteroatoms. The maximum atomic E-state index is 4.18. The molecule has 0 atom stereocenters. The molecule has 0 spiro atoms. The molecular formula is C56H56Cl4IrN14-2. The van der Waals surface area contributed by atoms with Gasteiger partial charge in [-0.05, 0) is 118 Å². The zero-order chi connectivity index (χ0) is 48.0. The number of fused-ring (bicyclic) bond motifs is 7. The van der Waals surface area contributed by atoms with Crippen LogP contribution in [0.3, 0.4) is 0 Å². The number of halogens is 4. The number of imidazole rings is 5. The van der Waals surface area contributed by atoms with Gasteiger partial charge in [-0.15, -0.1) is 13.3 Å². The molecule has 0 N–H and O–H groups in total. The van der Waals surface area contributed by atoms with Crippen molar-refractivity contribution in [1.82, 2.24) is 28.3 Å². The molecule has 12 aromatic rings. The Hall–Kier alpha value is -7.10. The Morgan fingerprint density at radius 2 is 0.613 bits per heavy atom. The summed E-state index contributed by atoms with van der Waals surface area (Å²) in [5.74, 6) is 0. The van der Waals surface area contributed by atoms with Gasteiger partial charge in [-0.25, -0.2) is 23.3 Å². The number of aryl methyl sites for hydroxylation is 5. The van der Waals surface area contributed by atoms with Crippen LogP contribution < -0.4 is 87.7 Å². The van der Waals surface area contributed by atoms with E-state index in [0.717, 1.165) is 5.52 Å². The molecule has 14 rings (SSSR count). The Morgan fingerprint density at radius 3 is 0.933 bits per heavy atom. The number of para-hydroxylation sites is 14. The van der Waals surface area contributed by atoms with Crippen LogP contribution in [0, 0.1) is 13.3 Å². The molecule has 5 aromatic heterocycles. The Morgan fingerprint density at radius 1 is 0.347 bits per heavy atom. The average molecular weight is 1260 g/mol. The summed E-state index contributed by atoms with van der Waals surface area (Å²) in [4.78, 5) is 8.47. The molecule has 0 bridgehead atoms. The summed E-state index contributed by atoms with van der Waals surface area (Å²) in [6.45, 7) is 4.22. The molecule has 0 saturated heterocycles. The van der Waals surface area contributed by atoms with Gasteiger partial charge in [-0.3, -0.25) is 0 Å². The van der Waals surface area contributed by atoms with Crippen LogP contribution in [0.4, 0.5) is 22.7 Å². The van der Waals surface area contributed by atoms with E-state index in [4.69, 9.17) is 0 Å². The van der Waals surface area contributed by atoms with Gasteiger partial charge in [-0.2, -0.15) is 0 Å². The predicted octanol–water partition coefficient (Wildman–Crippen LogP) is -4.25. The summed E-state index contributed by atoms with van der Waals surface area (Å²) < 4.78 is 19.3. The summed E-state index contributed by atoms with van der Waals surface area (Å²) >= 11 is 0. The zero-order valence-electron chi connectivity index (χ0n) is 42.3. The molecule has 0 fully saturated rings. The standard InChI is InChI=1S/3C16H16N4.C8H8N2.4ClH.Ir/c3*1-17-11-19(15-9-5-3-7-13(15)17)20-12-18(2)14-8-4-6-10-16(14)20;1-10-6-9-7-4-2-3-5-8(7)10;;;;;/h3*3-12H,1-2H3;2-6H,1H3;4*1H;/q-2;2*+2;;;;;;/p-4. The zero-order valence-corrected chi connectivity index (χ0v) is 47.7. The molecule has 7 aromatic carbocycles. The SMILES string of the molecule is CN1[CH-]N(N2[CH-]N(C)c3ccccc32)c2ccccc21.C[n+]1cn(-n2c[n+](C)c3ccccc32)c2ccccc21.C[n+]1cn(-n2c[n+](C)c3ccccc32)c2ccccc21.Cn1cnc2ccccc21.[Cl-].[Cl-].[Cl-].[Cl-].[Ir].